The van der Waals surface area contributed by atoms with E-state index in [1.165, 1.54) is 19.2 Å². The van der Waals surface area contributed by atoms with Crippen LogP contribution < -0.4 is 16.4 Å². The van der Waals surface area contributed by atoms with Gasteiger partial charge in [-0.05, 0) is 18.2 Å². The van der Waals surface area contributed by atoms with Crippen LogP contribution in [0.2, 0.25) is 0 Å². The molecule has 22 heavy (non-hydrogen) atoms. The Kier molecular flexibility index (Phi) is 4.88. The van der Waals surface area contributed by atoms with Gasteiger partial charge in [-0.1, -0.05) is 15.9 Å². The zero-order valence-corrected chi connectivity index (χ0v) is 12.8. The van der Waals surface area contributed by atoms with E-state index in [9.17, 15) is 18.4 Å². The van der Waals surface area contributed by atoms with Crippen molar-refractivity contribution < 1.29 is 18.4 Å². The summed E-state index contributed by atoms with van der Waals surface area (Å²) in [5, 5.41) is 2.41. The van der Waals surface area contributed by atoms with E-state index in [0.29, 0.717) is 4.47 Å². The molecule has 0 radical (unpaired) electrons. The summed E-state index contributed by atoms with van der Waals surface area (Å²) in [4.78, 5) is 29.7. The third kappa shape index (κ3) is 3.31. The van der Waals surface area contributed by atoms with Crippen molar-refractivity contribution in [1.29, 1.82) is 0 Å². The molecule has 0 fully saturated rings. The van der Waals surface area contributed by atoms with Crippen LogP contribution in [0.3, 0.4) is 0 Å². The van der Waals surface area contributed by atoms with Gasteiger partial charge in [0.2, 0.25) is 5.82 Å². The molecule has 1 aromatic heterocycles. The van der Waals surface area contributed by atoms with Gasteiger partial charge in [-0.15, -0.1) is 0 Å². The van der Waals surface area contributed by atoms with Gasteiger partial charge in [0.25, 0.3) is 11.5 Å². The molecule has 0 saturated carbocycles. The molecule has 9 heteroatoms. The quantitative estimate of drug-likeness (QED) is 0.718. The molecule has 2 aromatic rings. The maximum Gasteiger partial charge on any atom is 0.286 e. The molecule has 0 aliphatic rings. The van der Waals surface area contributed by atoms with Gasteiger partial charge < -0.3 is 10.3 Å². The predicted molar refractivity (Wildman–Crippen MR) is 78.9 cm³/mol. The molecular weight excluding hydrogens is 364 g/mol. The van der Waals surface area contributed by atoms with Gasteiger partial charge >= 0.3 is 0 Å². The van der Waals surface area contributed by atoms with Crippen LogP contribution in [0.1, 0.15) is 10.4 Å². The second-order valence-corrected chi connectivity index (χ2v) is 5.02. The maximum atomic E-state index is 14.0. The van der Waals surface area contributed by atoms with Crippen LogP contribution in [0.5, 0.6) is 0 Å². The number of benzene rings is 1. The summed E-state index contributed by atoms with van der Waals surface area (Å²) in [6.45, 7) is 0. The summed E-state index contributed by atoms with van der Waals surface area (Å²) in [5.74, 6) is -2.74. The molecule has 0 saturated heterocycles. The number of pyridine rings is 1. The Morgan fingerprint density at radius 3 is 2.73 bits per heavy atom. The molecule has 0 unspecified atom stereocenters. The lowest BCUT2D eigenvalue weighted by atomic mass is 10.2. The third-order valence-corrected chi connectivity index (χ3v) is 3.16. The Labute approximate surface area is 131 Å². The van der Waals surface area contributed by atoms with E-state index >= 15 is 0 Å². The number of carbonyl (C=O) groups is 1. The molecular formula is C13H10BrF2N3O3. The van der Waals surface area contributed by atoms with Crippen LogP contribution in [-0.2, 0) is 4.84 Å². The van der Waals surface area contributed by atoms with Gasteiger partial charge in [0.1, 0.15) is 5.82 Å². The van der Waals surface area contributed by atoms with Crippen molar-refractivity contribution in [3.8, 4) is 0 Å². The molecule has 3 N–H and O–H groups in total. The monoisotopic (exact) mass is 373 g/mol. The van der Waals surface area contributed by atoms with E-state index in [1.54, 1.807) is 0 Å². The average Bonchev–Trinajstić information content (AvgIpc) is 2.46. The predicted octanol–water partition coefficient (Wildman–Crippen LogP) is 2.45. The molecule has 1 amide bonds. The van der Waals surface area contributed by atoms with Gasteiger partial charge in [-0.2, -0.15) is 4.39 Å². The first-order valence-electron chi connectivity index (χ1n) is 5.90. The highest BCUT2D eigenvalue weighted by Gasteiger charge is 2.19. The van der Waals surface area contributed by atoms with Crippen molar-refractivity contribution in [2.75, 3.05) is 12.4 Å². The Hall–Kier alpha value is -2.26. The first-order chi connectivity index (χ1) is 10.4. The molecule has 1 aromatic carbocycles. The second kappa shape index (κ2) is 6.67. The van der Waals surface area contributed by atoms with Crippen LogP contribution in [0.15, 0.2) is 33.7 Å². The van der Waals surface area contributed by atoms with Crippen molar-refractivity contribution in [1.82, 2.24) is 10.5 Å². The lowest BCUT2D eigenvalue weighted by Gasteiger charge is -2.12. The Morgan fingerprint density at radius 2 is 2.09 bits per heavy atom. The zero-order chi connectivity index (χ0) is 16.3. The minimum atomic E-state index is -1.24. The first-order valence-corrected chi connectivity index (χ1v) is 6.70. The summed E-state index contributed by atoms with van der Waals surface area (Å²) in [5.41, 5.74) is 0.137. The Bertz CT molecular complexity index is 780. The number of hydrogen-bond donors (Lipinski definition) is 3. The van der Waals surface area contributed by atoms with Crippen LogP contribution in [0.4, 0.5) is 20.2 Å². The summed E-state index contributed by atoms with van der Waals surface area (Å²) < 4.78 is 28.3. The van der Waals surface area contributed by atoms with Crippen LogP contribution in [0, 0.1) is 11.6 Å². The lowest BCUT2D eigenvalue weighted by molar-refractivity contribution is 0.0538. The summed E-state index contributed by atoms with van der Waals surface area (Å²) >= 11 is 3.09. The number of aromatic amines is 1. The van der Waals surface area contributed by atoms with Crippen molar-refractivity contribution in [3.05, 3.63) is 56.4 Å². The summed E-state index contributed by atoms with van der Waals surface area (Å²) in [7, 11) is 1.20. The fourth-order valence-electron chi connectivity index (χ4n) is 1.68. The van der Waals surface area contributed by atoms with Gasteiger partial charge in [-0.3, -0.25) is 14.4 Å². The molecule has 0 spiro atoms. The number of rotatable bonds is 4. The van der Waals surface area contributed by atoms with E-state index in [4.69, 9.17) is 0 Å². The number of halogens is 3. The first kappa shape index (κ1) is 16.1. The van der Waals surface area contributed by atoms with E-state index in [1.807, 2.05) is 5.48 Å². The normalized spacial score (nSPS) is 10.4. The van der Waals surface area contributed by atoms with Crippen molar-refractivity contribution >= 4 is 33.2 Å². The smallest absolute Gasteiger partial charge is 0.286 e. The van der Waals surface area contributed by atoms with Crippen molar-refractivity contribution in [2.45, 2.75) is 0 Å². The number of hydrogen-bond acceptors (Lipinski definition) is 4. The fourth-order valence-corrected chi connectivity index (χ4v) is 2.01. The highest BCUT2D eigenvalue weighted by atomic mass is 79.9. The molecule has 0 aliphatic carbocycles. The average molecular weight is 374 g/mol. The van der Waals surface area contributed by atoms with Crippen molar-refractivity contribution in [3.63, 3.8) is 0 Å². The molecule has 116 valence electrons. The van der Waals surface area contributed by atoms with Gasteiger partial charge in [-0.25, -0.2) is 9.87 Å². The van der Waals surface area contributed by atoms with Gasteiger partial charge in [0.05, 0.1) is 24.0 Å². The maximum absolute atomic E-state index is 14.0. The largest absolute Gasteiger partial charge is 0.350 e. The third-order valence-electron chi connectivity index (χ3n) is 2.67. The minimum Gasteiger partial charge on any atom is -0.350 e. The highest BCUT2D eigenvalue weighted by molar-refractivity contribution is 9.10. The SMILES string of the molecule is CONC(=O)c1c[nH]c(=O)c(F)c1Nc1ccc(Br)cc1F. The van der Waals surface area contributed by atoms with Crippen molar-refractivity contribution in [2.24, 2.45) is 0 Å². The molecule has 0 aliphatic heterocycles. The molecule has 2 rings (SSSR count). The zero-order valence-electron chi connectivity index (χ0n) is 11.2. The molecule has 0 bridgehead atoms. The molecule has 1 heterocycles. The number of hydroxylamine groups is 1. The van der Waals surface area contributed by atoms with Gasteiger partial charge in [0, 0.05) is 10.7 Å². The Balaban J connectivity index is 2.50. The number of anilines is 2. The van der Waals surface area contributed by atoms with Gasteiger partial charge in [0.15, 0.2) is 0 Å². The minimum absolute atomic E-state index is 0.0980. The summed E-state index contributed by atoms with van der Waals surface area (Å²) in [6, 6.07) is 4.01. The second-order valence-electron chi connectivity index (χ2n) is 4.10. The highest BCUT2D eigenvalue weighted by Crippen LogP contribution is 2.26. The fraction of sp³-hybridized carbons (Fsp3) is 0.0769. The number of H-pyrrole nitrogens is 1. The Morgan fingerprint density at radius 1 is 1.36 bits per heavy atom. The number of aromatic nitrogens is 1. The topological polar surface area (TPSA) is 83.2 Å². The number of carbonyl (C=O) groups excluding carboxylic acids is 1. The van der Waals surface area contributed by atoms with E-state index in [2.05, 4.69) is 31.1 Å². The lowest BCUT2D eigenvalue weighted by Crippen LogP contribution is -2.26. The molecule has 0 atom stereocenters. The molecule has 6 nitrogen and oxygen atoms in total. The number of amides is 1. The van der Waals surface area contributed by atoms with E-state index in [-0.39, 0.29) is 11.3 Å². The summed E-state index contributed by atoms with van der Waals surface area (Å²) in [6.07, 6.45) is 0.999. The number of nitrogens with one attached hydrogen (secondary N) is 3. The van der Waals surface area contributed by atoms with E-state index < -0.39 is 28.8 Å². The van der Waals surface area contributed by atoms with Crippen LogP contribution in [0.25, 0.3) is 0 Å². The van der Waals surface area contributed by atoms with E-state index in [0.717, 1.165) is 12.3 Å². The standard InChI is InChI=1S/C13H10BrF2N3O3/c1-22-19-12(20)7-5-17-13(21)10(16)11(7)18-9-3-2-6(14)4-8(9)15/h2-5H,1H3,(H,19,20)(H2,17,18,21). The van der Waals surface area contributed by atoms with Crippen LogP contribution in [-0.4, -0.2) is 18.0 Å². The van der Waals surface area contributed by atoms with Crippen LogP contribution >= 0.6 is 15.9 Å².